The number of hydrogen-bond acceptors (Lipinski definition) is 4. The normalized spacial score (nSPS) is 20.4. The maximum Gasteiger partial charge on any atom is 0.239 e. The van der Waals surface area contributed by atoms with Crippen LogP contribution in [0.3, 0.4) is 0 Å². The molecule has 7 heteroatoms. The van der Waals surface area contributed by atoms with Crippen molar-refractivity contribution in [3.8, 4) is 0 Å². The van der Waals surface area contributed by atoms with Gasteiger partial charge < -0.3 is 20.5 Å². The lowest BCUT2D eigenvalue weighted by Crippen LogP contribution is -2.51. The molecule has 1 heterocycles. The Hall–Kier alpha value is -0.850. The van der Waals surface area contributed by atoms with E-state index >= 15 is 0 Å². The van der Waals surface area contributed by atoms with Crippen LogP contribution in [-0.2, 0) is 9.53 Å². The first kappa shape index (κ1) is 15.5. The number of carbonyl (C=O) groups excluding carboxylic acids is 1. The minimum absolute atomic E-state index is 0.0910. The molecule has 5 nitrogen and oxygen atoms in total. The minimum Gasteiger partial charge on any atom is -0.387 e. The SMILES string of the molecule is O=C(NCC(O)c1cc(Cl)cc(Cl)c1)C1COCCN1. The average Bonchev–Trinajstić information content (AvgIpc) is 2.44. The fourth-order valence-corrected chi connectivity index (χ4v) is 2.48. The summed E-state index contributed by atoms with van der Waals surface area (Å²) >= 11 is 11.7. The highest BCUT2D eigenvalue weighted by Crippen LogP contribution is 2.23. The van der Waals surface area contributed by atoms with E-state index in [1.807, 2.05) is 0 Å². The van der Waals surface area contributed by atoms with Crippen molar-refractivity contribution < 1.29 is 14.6 Å². The van der Waals surface area contributed by atoms with Gasteiger partial charge in [0.2, 0.25) is 5.91 Å². The lowest BCUT2D eigenvalue weighted by Gasteiger charge is -2.23. The van der Waals surface area contributed by atoms with E-state index in [2.05, 4.69) is 10.6 Å². The Balaban J connectivity index is 1.87. The number of benzene rings is 1. The monoisotopic (exact) mass is 318 g/mol. The molecule has 0 bridgehead atoms. The number of halogens is 2. The van der Waals surface area contributed by atoms with Gasteiger partial charge in [-0.15, -0.1) is 0 Å². The van der Waals surface area contributed by atoms with Gasteiger partial charge in [-0.3, -0.25) is 4.79 Å². The Bertz CT molecular complexity index is 458. The average molecular weight is 319 g/mol. The van der Waals surface area contributed by atoms with Gasteiger partial charge in [0, 0.05) is 23.1 Å². The van der Waals surface area contributed by atoms with Crippen molar-refractivity contribution in [2.24, 2.45) is 0 Å². The molecule has 1 aliphatic rings. The summed E-state index contributed by atoms with van der Waals surface area (Å²) in [4.78, 5) is 11.9. The molecule has 1 aromatic carbocycles. The van der Waals surface area contributed by atoms with E-state index in [1.54, 1.807) is 18.2 Å². The molecule has 1 aliphatic heterocycles. The molecule has 3 N–H and O–H groups in total. The lowest BCUT2D eigenvalue weighted by atomic mass is 10.1. The topological polar surface area (TPSA) is 70.6 Å². The molecule has 1 amide bonds. The number of carbonyl (C=O) groups is 1. The summed E-state index contributed by atoms with van der Waals surface area (Å²) in [7, 11) is 0. The van der Waals surface area contributed by atoms with E-state index < -0.39 is 6.10 Å². The third-order valence-electron chi connectivity index (χ3n) is 2.98. The van der Waals surface area contributed by atoms with Crippen LogP contribution in [0.15, 0.2) is 18.2 Å². The van der Waals surface area contributed by atoms with Crippen LogP contribution < -0.4 is 10.6 Å². The first-order chi connectivity index (χ1) is 9.56. The molecule has 110 valence electrons. The van der Waals surface area contributed by atoms with Gasteiger partial charge in [0.05, 0.1) is 19.3 Å². The van der Waals surface area contributed by atoms with Crippen LogP contribution >= 0.6 is 23.2 Å². The van der Waals surface area contributed by atoms with Crippen molar-refractivity contribution in [2.45, 2.75) is 12.1 Å². The van der Waals surface area contributed by atoms with Gasteiger partial charge in [0.25, 0.3) is 0 Å². The Kier molecular flexibility index (Phi) is 5.63. The van der Waals surface area contributed by atoms with Crippen LogP contribution in [-0.4, -0.2) is 43.4 Å². The summed E-state index contributed by atoms with van der Waals surface area (Å²) in [6, 6.07) is 4.44. The van der Waals surface area contributed by atoms with Gasteiger partial charge in [0.1, 0.15) is 6.04 Å². The third-order valence-corrected chi connectivity index (χ3v) is 3.41. The number of ether oxygens (including phenoxy) is 1. The summed E-state index contributed by atoms with van der Waals surface area (Å²) in [6.07, 6.45) is -0.861. The summed E-state index contributed by atoms with van der Waals surface area (Å²) in [5.74, 6) is -0.197. The number of rotatable bonds is 4. The van der Waals surface area contributed by atoms with Crippen LogP contribution in [0.2, 0.25) is 10.0 Å². The Morgan fingerprint density at radius 2 is 2.15 bits per heavy atom. The summed E-state index contributed by atoms with van der Waals surface area (Å²) < 4.78 is 5.21. The zero-order chi connectivity index (χ0) is 14.5. The molecule has 20 heavy (non-hydrogen) atoms. The van der Waals surface area contributed by atoms with E-state index in [0.717, 1.165) is 0 Å². The highest BCUT2D eigenvalue weighted by atomic mass is 35.5. The molecular formula is C13H16Cl2N2O3. The molecule has 2 unspecified atom stereocenters. The quantitative estimate of drug-likeness (QED) is 0.778. The molecule has 0 spiro atoms. The molecule has 0 aromatic heterocycles. The van der Waals surface area contributed by atoms with E-state index in [1.165, 1.54) is 0 Å². The smallest absolute Gasteiger partial charge is 0.239 e. The molecule has 0 saturated carbocycles. The van der Waals surface area contributed by atoms with Gasteiger partial charge in [-0.25, -0.2) is 0 Å². The fraction of sp³-hybridized carbons (Fsp3) is 0.462. The zero-order valence-electron chi connectivity index (χ0n) is 10.7. The third kappa shape index (κ3) is 4.33. The Labute approximate surface area is 127 Å². The van der Waals surface area contributed by atoms with E-state index in [0.29, 0.717) is 35.4 Å². The van der Waals surface area contributed by atoms with Gasteiger partial charge in [-0.05, 0) is 23.8 Å². The van der Waals surface area contributed by atoms with Crippen LogP contribution in [0.4, 0.5) is 0 Å². The molecule has 2 atom stereocenters. The van der Waals surface area contributed by atoms with Crippen LogP contribution in [0.25, 0.3) is 0 Å². The second-order valence-corrected chi connectivity index (χ2v) is 5.42. The number of amides is 1. The highest BCUT2D eigenvalue weighted by molar-refractivity contribution is 6.34. The van der Waals surface area contributed by atoms with E-state index in [4.69, 9.17) is 27.9 Å². The van der Waals surface area contributed by atoms with Crippen molar-refractivity contribution in [1.82, 2.24) is 10.6 Å². The van der Waals surface area contributed by atoms with Crippen molar-refractivity contribution >= 4 is 29.1 Å². The van der Waals surface area contributed by atoms with Crippen molar-refractivity contribution in [1.29, 1.82) is 0 Å². The second kappa shape index (κ2) is 7.24. The van der Waals surface area contributed by atoms with E-state index in [9.17, 15) is 9.90 Å². The molecule has 0 radical (unpaired) electrons. The van der Waals surface area contributed by atoms with Crippen LogP contribution in [0, 0.1) is 0 Å². The highest BCUT2D eigenvalue weighted by Gasteiger charge is 2.21. The number of nitrogens with one attached hydrogen (secondary N) is 2. The zero-order valence-corrected chi connectivity index (χ0v) is 12.2. The maximum absolute atomic E-state index is 11.9. The molecular weight excluding hydrogens is 303 g/mol. The number of aliphatic hydroxyl groups is 1. The van der Waals surface area contributed by atoms with Gasteiger partial charge >= 0.3 is 0 Å². The standard InChI is InChI=1S/C13H16Cl2N2O3/c14-9-3-8(4-10(15)5-9)12(18)6-17-13(19)11-7-20-2-1-16-11/h3-5,11-12,16,18H,1-2,6-7H2,(H,17,19). The van der Waals surface area contributed by atoms with Gasteiger partial charge in [0.15, 0.2) is 0 Å². The number of aliphatic hydroxyl groups excluding tert-OH is 1. The number of hydrogen-bond donors (Lipinski definition) is 3. The van der Waals surface area contributed by atoms with Gasteiger partial charge in [-0.1, -0.05) is 23.2 Å². The Morgan fingerprint density at radius 1 is 1.45 bits per heavy atom. The minimum atomic E-state index is -0.861. The van der Waals surface area contributed by atoms with Gasteiger partial charge in [-0.2, -0.15) is 0 Å². The lowest BCUT2D eigenvalue weighted by molar-refractivity contribution is -0.126. The van der Waals surface area contributed by atoms with Crippen molar-refractivity contribution in [2.75, 3.05) is 26.3 Å². The molecule has 1 aromatic rings. The summed E-state index contributed by atoms with van der Waals surface area (Å²) in [6.45, 7) is 1.68. The predicted octanol–water partition coefficient (Wildman–Crippen LogP) is 1.13. The van der Waals surface area contributed by atoms with Crippen LogP contribution in [0.5, 0.6) is 0 Å². The first-order valence-electron chi connectivity index (χ1n) is 6.29. The number of morpholine rings is 1. The molecule has 2 rings (SSSR count). The van der Waals surface area contributed by atoms with Crippen molar-refractivity contribution in [3.05, 3.63) is 33.8 Å². The van der Waals surface area contributed by atoms with E-state index in [-0.39, 0.29) is 18.5 Å². The molecule has 1 fully saturated rings. The first-order valence-corrected chi connectivity index (χ1v) is 7.05. The molecule has 1 saturated heterocycles. The fourth-order valence-electron chi connectivity index (χ4n) is 1.94. The second-order valence-electron chi connectivity index (χ2n) is 4.55. The summed E-state index contributed by atoms with van der Waals surface area (Å²) in [5, 5.41) is 16.6. The van der Waals surface area contributed by atoms with Crippen LogP contribution in [0.1, 0.15) is 11.7 Å². The predicted molar refractivity (Wildman–Crippen MR) is 77.0 cm³/mol. The molecule has 0 aliphatic carbocycles. The maximum atomic E-state index is 11.9. The van der Waals surface area contributed by atoms with Crippen molar-refractivity contribution in [3.63, 3.8) is 0 Å². The Morgan fingerprint density at radius 3 is 2.75 bits per heavy atom. The summed E-state index contributed by atoms with van der Waals surface area (Å²) in [5.41, 5.74) is 0.565. The largest absolute Gasteiger partial charge is 0.387 e.